The molecule has 4 rings (SSSR count). The number of carbonyl (C=O) groups excluding carboxylic acids is 3. The maximum Gasteiger partial charge on any atom is 0.338 e. The third-order valence-electron chi connectivity index (χ3n) is 5.86. The first-order valence-corrected chi connectivity index (χ1v) is 11.4. The van der Waals surface area contributed by atoms with Gasteiger partial charge in [0, 0.05) is 23.6 Å². The first-order valence-electron chi connectivity index (χ1n) is 11.4. The fourth-order valence-electron chi connectivity index (χ4n) is 4.18. The number of aromatic nitrogens is 1. The summed E-state index contributed by atoms with van der Waals surface area (Å²) in [4.78, 5) is 44.1. The van der Waals surface area contributed by atoms with E-state index in [1.807, 2.05) is 6.92 Å². The molecule has 1 fully saturated rings. The van der Waals surface area contributed by atoms with Gasteiger partial charge in [-0.15, -0.1) is 0 Å². The Labute approximate surface area is 208 Å². The SMILES string of the molecule is COc1ccc(/C(O)=C2/C(=O)C(=O)N(c3ccc(C(=O)OC(C)C)cc3)C2c2ccncc2)cc1C. The Hall–Kier alpha value is -4.46. The third-order valence-corrected chi connectivity index (χ3v) is 5.86. The molecule has 1 atom stereocenters. The van der Waals surface area contributed by atoms with Crippen molar-refractivity contribution >= 4 is 29.1 Å². The zero-order valence-corrected chi connectivity index (χ0v) is 20.4. The summed E-state index contributed by atoms with van der Waals surface area (Å²) in [5.41, 5.74) is 2.42. The van der Waals surface area contributed by atoms with Crippen LogP contribution in [0.1, 0.15) is 46.9 Å². The van der Waals surface area contributed by atoms with Crippen LogP contribution in [0.3, 0.4) is 0 Å². The van der Waals surface area contributed by atoms with Crippen LogP contribution in [-0.2, 0) is 14.3 Å². The van der Waals surface area contributed by atoms with Gasteiger partial charge in [-0.2, -0.15) is 0 Å². The molecule has 2 heterocycles. The zero-order valence-electron chi connectivity index (χ0n) is 20.4. The second-order valence-electron chi connectivity index (χ2n) is 8.63. The standard InChI is InChI=1S/C28H26N2O6/c1-16(2)36-28(34)19-5-8-21(9-6-19)30-24(18-11-13-29-14-12-18)23(26(32)27(30)33)25(31)20-7-10-22(35-4)17(3)15-20/h5-16,24,31H,1-4H3/b25-23-. The first kappa shape index (κ1) is 24.7. The van der Waals surface area contributed by atoms with Crippen LogP contribution in [0.15, 0.2) is 72.6 Å². The summed E-state index contributed by atoms with van der Waals surface area (Å²) in [5, 5.41) is 11.3. The van der Waals surface area contributed by atoms with Gasteiger partial charge in [-0.3, -0.25) is 19.5 Å². The van der Waals surface area contributed by atoms with Crippen LogP contribution < -0.4 is 9.64 Å². The molecule has 1 aliphatic heterocycles. The lowest BCUT2D eigenvalue weighted by Gasteiger charge is -2.25. The normalized spacial score (nSPS) is 16.9. The molecule has 3 aromatic rings. The van der Waals surface area contributed by atoms with Crippen molar-refractivity contribution in [3.05, 3.63) is 94.8 Å². The highest BCUT2D eigenvalue weighted by Crippen LogP contribution is 2.42. The number of esters is 1. The summed E-state index contributed by atoms with van der Waals surface area (Å²) in [6, 6.07) is 13.7. The van der Waals surface area contributed by atoms with Crippen molar-refractivity contribution in [2.75, 3.05) is 12.0 Å². The van der Waals surface area contributed by atoms with E-state index in [0.717, 1.165) is 5.56 Å². The molecule has 1 N–H and O–H groups in total. The number of carbonyl (C=O) groups is 3. The van der Waals surface area contributed by atoms with E-state index in [4.69, 9.17) is 9.47 Å². The number of nitrogens with zero attached hydrogens (tertiary/aromatic N) is 2. The second-order valence-corrected chi connectivity index (χ2v) is 8.63. The van der Waals surface area contributed by atoms with E-state index in [1.54, 1.807) is 75.8 Å². The maximum absolute atomic E-state index is 13.3. The molecule has 1 saturated heterocycles. The summed E-state index contributed by atoms with van der Waals surface area (Å²) >= 11 is 0. The Balaban J connectivity index is 1.83. The van der Waals surface area contributed by atoms with Gasteiger partial charge >= 0.3 is 5.97 Å². The number of ether oxygens (including phenoxy) is 2. The number of benzene rings is 2. The molecule has 0 radical (unpaired) electrons. The van der Waals surface area contributed by atoms with E-state index >= 15 is 0 Å². The predicted molar refractivity (Wildman–Crippen MR) is 134 cm³/mol. The molecule has 1 unspecified atom stereocenters. The predicted octanol–water partition coefficient (Wildman–Crippen LogP) is 4.59. The van der Waals surface area contributed by atoms with E-state index in [1.165, 1.54) is 17.0 Å². The number of rotatable bonds is 6. The molecule has 0 spiro atoms. The molecule has 0 bridgehead atoms. The number of Topliss-reactive ketones (excluding diaryl/α,β-unsaturated/α-hetero) is 1. The van der Waals surface area contributed by atoms with Gasteiger partial charge in [0.2, 0.25) is 0 Å². The number of hydrogen-bond acceptors (Lipinski definition) is 7. The highest BCUT2D eigenvalue weighted by Gasteiger charge is 2.47. The number of amides is 1. The minimum atomic E-state index is -0.899. The Morgan fingerprint density at radius 1 is 1.00 bits per heavy atom. The average molecular weight is 487 g/mol. The highest BCUT2D eigenvalue weighted by molar-refractivity contribution is 6.51. The average Bonchev–Trinajstić information content (AvgIpc) is 3.14. The van der Waals surface area contributed by atoms with Gasteiger partial charge in [0.25, 0.3) is 11.7 Å². The minimum absolute atomic E-state index is 0.0425. The molecule has 8 nitrogen and oxygen atoms in total. The van der Waals surface area contributed by atoms with Gasteiger partial charge in [0.15, 0.2) is 0 Å². The fraction of sp³-hybridized carbons (Fsp3) is 0.214. The maximum atomic E-state index is 13.3. The van der Waals surface area contributed by atoms with Gasteiger partial charge in [0.1, 0.15) is 11.5 Å². The molecular weight excluding hydrogens is 460 g/mol. The van der Waals surface area contributed by atoms with Crippen LogP contribution in [0, 0.1) is 6.92 Å². The van der Waals surface area contributed by atoms with Crippen molar-refractivity contribution in [3.8, 4) is 5.75 Å². The molecule has 1 aliphatic rings. The number of pyridine rings is 1. The number of ketones is 1. The van der Waals surface area contributed by atoms with Crippen molar-refractivity contribution in [1.82, 2.24) is 4.98 Å². The lowest BCUT2D eigenvalue weighted by molar-refractivity contribution is -0.132. The Bertz CT molecular complexity index is 1350. The zero-order chi connectivity index (χ0) is 26.0. The van der Waals surface area contributed by atoms with Gasteiger partial charge in [-0.1, -0.05) is 0 Å². The lowest BCUT2D eigenvalue weighted by Crippen LogP contribution is -2.29. The summed E-state index contributed by atoms with van der Waals surface area (Å²) in [6.45, 7) is 5.33. The first-order chi connectivity index (χ1) is 17.2. The number of anilines is 1. The summed E-state index contributed by atoms with van der Waals surface area (Å²) < 4.78 is 10.5. The van der Waals surface area contributed by atoms with Crippen LogP contribution in [0.5, 0.6) is 5.75 Å². The van der Waals surface area contributed by atoms with Crippen molar-refractivity contribution in [1.29, 1.82) is 0 Å². The summed E-state index contributed by atoms with van der Waals surface area (Å²) in [5.74, 6) is -1.75. The Kier molecular flexibility index (Phi) is 6.87. The number of aryl methyl sites for hydroxylation is 1. The van der Waals surface area contributed by atoms with Crippen molar-refractivity contribution in [2.24, 2.45) is 0 Å². The van der Waals surface area contributed by atoms with Gasteiger partial charge in [-0.25, -0.2) is 4.79 Å². The lowest BCUT2D eigenvalue weighted by atomic mass is 9.95. The van der Waals surface area contributed by atoms with Gasteiger partial charge in [0.05, 0.1) is 30.4 Å². The van der Waals surface area contributed by atoms with Gasteiger partial charge in [-0.05, 0) is 86.5 Å². The fourth-order valence-corrected chi connectivity index (χ4v) is 4.18. The van der Waals surface area contributed by atoms with Crippen LogP contribution in [0.4, 0.5) is 5.69 Å². The topological polar surface area (TPSA) is 106 Å². The molecule has 0 saturated carbocycles. The monoisotopic (exact) mass is 486 g/mol. The van der Waals surface area contributed by atoms with E-state index in [9.17, 15) is 19.5 Å². The molecule has 1 amide bonds. The van der Waals surface area contributed by atoms with Crippen molar-refractivity contribution in [3.63, 3.8) is 0 Å². The number of hydrogen-bond donors (Lipinski definition) is 1. The highest BCUT2D eigenvalue weighted by atomic mass is 16.5. The van der Waals surface area contributed by atoms with E-state index < -0.39 is 23.7 Å². The molecule has 184 valence electrons. The van der Waals surface area contributed by atoms with Gasteiger partial charge < -0.3 is 14.6 Å². The smallest absolute Gasteiger partial charge is 0.338 e. The summed E-state index contributed by atoms with van der Waals surface area (Å²) in [6.07, 6.45) is 2.83. The largest absolute Gasteiger partial charge is 0.507 e. The minimum Gasteiger partial charge on any atom is -0.507 e. The quantitative estimate of drug-likeness (QED) is 0.235. The molecule has 36 heavy (non-hydrogen) atoms. The van der Waals surface area contributed by atoms with E-state index in [0.29, 0.717) is 28.1 Å². The molecule has 8 heteroatoms. The third kappa shape index (κ3) is 4.57. The number of aliphatic hydroxyl groups excluding tert-OH is 1. The molecule has 1 aromatic heterocycles. The van der Waals surface area contributed by atoms with Crippen LogP contribution in [-0.4, -0.2) is 41.0 Å². The van der Waals surface area contributed by atoms with Crippen molar-refractivity contribution in [2.45, 2.75) is 32.9 Å². The van der Waals surface area contributed by atoms with Crippen LogP contribution in [0.25, 0.3) is 5.76 Å². The van der Waals surface area contributed by atoms with E-state index in [2.05, 4.69) is 4.98 Å². The molecule has 2 aromatic carbocycles. The second kappa shape index (κ2) is 10.0. The Morgan fingerprint density at radius 3 is 2.22 bits per heavy atom. The van der Waals surface area contributed by atoms with Crippen molar-refractivity contribution < 1.29 is 29.0 Å². The summed E-state index contributed by atoms with van der Waals surface area (Å²) in [7, 11) is 1.55. The molecule has 0 aliphatic carbocycles. The number of methoxy groups -OCH3 is 1. The van der Waals surface area contributed by atoms with Crippen LogP contribution >= 0.6 is 0 Å². The number of aliphatic hydroxyl groups is 1. The van der Waals surface area contributed by atoms with Crippen LogP contribution in [0.2, 0.25) is 0 Å². The van der Waals surface area contributed by atoms with E-state index in [-0.39, 0.29) is 17.4 Å². The Morgan fingerprint density at radius 2 is 1.64 bits per heavy atom. The molecular formula is C28H26N2O6.